The molecule has 0 amide bonds. The zero-order chi connectivity index (χ0) is 9.35. The van der Waals surface area contributed by atoms with Gasteiger partial charge in [-0.15, -0.1) is 10.2 Å². The van der Waals surface area contributed by atoms with Crippen molar-refractivity contribution < 1.29 is 0 Å². The maximum Gasteiger partial charge on any atom is 0.191 e. The minimum absolute atomic E-state index is 0.0248. The average Bonchev–Trinajstić information content (AvgIpc) is 2.32. The zero-order valence-electron chi connectivity index (χ0n) is 7.94. The third kappa shape index (κ3) is 1.79. The van der Waals surface area contributed by atoms with Crippen molar-refractivity contribution in [1.29, 1.82) is 0 Å². The summed E-state index contributed by atoms with van der Waals surface area (Å²) in [7, 11) is 1.73. The van der Waals surface area contributed by atoms with Gasteiger partial charge in [0.2, 0.25) is 0 Å². The van der Waals surface area contributed by atoms with Crippen LogP contribution in [-0.4, -0.2) is 20.2 Å². The fourth-order valence-corrected chi connectivity index (χ4v) is 0.811. The summed E-state index contributed by atoms with van der Waals surface area (Å²) in [5.74, 6) is 0.602. The number of hydrogen-bond acceptors (Lipinski definition) is 4. The van der Waals surface area contributed by atoms with Gasteiger partial charge in [-0.1, -0.05) is 20.8 Å². The lowest BCUT2D eigenvalue weighted by Gasteiger charge is -2.23. The van der Waals surface area contributed by atoms with Crippen molar-refractivity contribution in [2.45, 2.75) is 26.8 Å². The standard InChI is InChI=1S/C7H15N5/c1-7(2,3)5(8)6-9-11-12(4)10-6/h5H,8H2,1-4H3/t5-/m1/s1. The van der Waals surface area contributed by atoms with E-state index in [4.69, 9.17) is 5.73 Å². The molecule has 5 heteroatoms. The molecule has 12 heavy (non-hydrogen) atoms. The summed E-state index contributed by atoms with van der Waals surface area (Å²) in [5, 5.41) is 11.6. The summed E-state index contributed by atoms with van der Waals surface area (Å²) < 4.78 is 0. The van der Waals surface area contributed by atoms with Gasteiger partial charge in [-0.2, -0.15) is 4.80 Å². The summed E-state index contributed by atoms with van der Waals surface area (Å²) in [4.78, 5) is 1.42. The van der Waals surface area contributed by atoms with Crippen molar-refractivity contribution in [2.24, 2.45) is 18.2 Å². The minimum Gasteiger partial charge on any atom is -0.321 e. The van der Waals surface area contributed by atoms with Crippen LogP contribution in [0, 0.1) is 5.41 Å². The second-order valence-electron chi connectivity index (χ2n) is 3.98. The Morgan fingerprint density at radius 2 is 2.00 bits per heavy atom. The van der Waals surface area contributed by atoms with E-state index < -0.39 is 0 Å². The van der Waals surface area contributed by atoms with Gasteiger partial charge in [-0.05, 0) is 10.6 Å². The molecular weight excluding hydrogens is 154 g/mol. The highest BCUT2D eigenvalue weighted by Gasteiger charge is 2.25. The molecule has 0 fully saturated rings. The third-order valence-corrected chi connectivity index (χ3v) is 1.73. The van der Waals surface area contributed by atoms with Crippen molar-refractivity contribution in [1.82, 2.24) is 20.2 Å². The maximum atomic E-state index is 5.91. The van der Waals surface area contributed by atoms with Gasteiger partial charge in [-0.25, -0.2) is 0 Å². The molecule has 0 spiro atoms. The monoisotopic (exact) mass is 169 g/mol. The molecule has 5 nitrogen and oxygen atoms in total. The molecule has 1 aromatic heterocycles. The van der Waals surface area contributed by atoms with Crippen LogP contribution in [0.2, 0.25) is 0 Å². The largest absolute Gasteiger partial charge is 0.321 e. The Bertz CT molecular complexity index is 259. The molecule has 0 saturated carbocycles. The molecule has 0 saturated heterocycles. The lowest BCUT2D eigenvalue weighted by atomic mass is 9.87. The number of nitrogens with zero attached hydrogens (tertiary/aromatic N) is 4. The fourth-order valence-electron chi connectivity index (χ4n) is 0.811. The number of hydrogen-bond donors (Lipinski definition) is 1. The molecule has 0 unspecified atom stereocenters. The van der Waals surface area contributed by atoms with Gasteiger partial charge >= 0.3 is 0 Å². The Morgan fingerprint density at radius 3 is 2.33 bits per heavy atom. The molecule has 0 aliphatic rings. The number of aromatic nitrogens is 4. The summed E-state index contributed by atoms with van der Waals surface area (Å²) >= 11 is 0. The van der Waals surface area contributed by atoms with E-state index in [1.54, 1.807) is 7.05 Å². The summed E-state index contributed by atoms with van der Waals surface area (Å²) in [6.07, 6.45) is 0. The van der Waals surface area contributed by atoms with Gasteiger partial charge < -0.3 is 5.73 Å². The molecule has 0 bridgehead atoms. The van der Waals surface area contributed by atoms with E-state index in [2.05, 4.69) is 15.4 Å². The van der Waals surface area contributed by atoms with Crippen LogP contribution in [0.15, 0.2) is 0 Å². The molecule has 0 aromatic carbocycles. The topological polar surface area (TPSA) is 69.6 Å². The molecule has 68 valence electrons. The van der Waals surface area contributed by atoms with Crippen LogP contribution >= 0.6 is 0 Å². The van der Waals surface area contributed by atoms with Crippen molar-refractivity contribution in [3.05, 3.63) is 5.82 Å². The van der Waals surface area contributed by atoms with Crippen molar-refractivity contribution in [3.63, 3.8) is 0 Å². The van der Waals surface area contributed by atoms with Crippen molar-refractivity contribution in [3.8, 4) is 0 Å². The highest BCUT2D eigenvalue weighted by Crippen LogP contribution is 2.27. The number of nitrogens with two attached hydrogens (primary N) is 1. The minimum atomic E-state index is -0.161. The highest BCUT2D eigenvalue weighted by molar-refractivity contribution is 4.93. The predicted molar refractivity (Wildman–Crippen MR) is 45.2 cm³/mol. The average molecular weight is 169 g/mol. The Morgan fingerprint density at radius 1 is 1.42 bits per heavy atom. The first-order valence-corrected chi connectivity index (χ1v) is 3.91. The molecule has 0 aliphatic carbocycles. The SMILES string of the molecule is Cn1nnc([C@@H](N)C(C)(C)C)n1. The molecule has 0 radical (unpaired) electrons. The third-order valence-electron chi connectivity index (χ3n) is 1.73. The lowest BCUT2D eigenvalue weighted by Crippen LogP contribution is -2.27. The van der Waals surface area contributed by atoms with Crippen molar-refractivity contribution in [2.75, 3.05) is 0 Å². The number of rotatable bonds is 1. The lowest BCUT2D eigenvalue weighted by molar-refractivity contribution is 0.314. The molecule has 1 atom stereocenters. The number of tetrazole rings is 1. The number of aryl methyl sites for hydroxylation is 1. The van der Waals surface area contributed by atoms with Gasteiger partial charge in [-0.3, -0.25) is 0 Å². The van der Waals surface area contributed by atoms with Crippen LogP contribution in [0.5, 0.6) is 0 Å². The second-order valence-corrected chi connectivity index (χ2v) is 3.98. The Balaban J connectivity index is 2.85. The second kappa shape index (κ2) is 2.82. The van der Waals surface area contributed by atoms with Crippen LogP contribution in [-0.2, 0) is 7.05 Å². The molecular formula is C7H15N5. The van der Waals surface area contributed by atoms with Crippen LogP contribution in [0.4, 0.5) is 0 Å². The van der Waals surface area contributed by atoms with E-state index in [0.717, 1.165) is 0 Å². The Hall–Kier alpha value is -0.970. The van der Waals surface area contributed by atoms with Gasteiger partial charge in [0.25, 0.3) is 0 Å². The molecule has 1 aromatic rings. The summed E-state index contributed by atoms with van der Waals surface area (Å²) in [5.41, 5.74) is 5.88. The van der Waals surface area contributed by atoms with Crippen molar-refractivity contribution >= 4 is 0 Å². The maximum absolute atomic E-state index is 5.91. The smallest absolute Gasteiger partial charge is 0.191 e. The quantitative estimate of drug-likeness (QED) is 0.654. The first kappa shape index (κ1) is 9.12. The van der Waals surface area contributed by atoms with E-state index in [1.807, 2.05) is 20.8 Å². The van der Waals surface area contributed by atoms with E-state index in [1.165, 1.54) is 4.80 Å². The summed E-state index contributed by atoms with van der Waals surface area (Å²) in [6, 6.07) is -0.161. The first-order valence-electron chi connectivity index (χ1n) is 3.91. The molecule has 1 rings (SSSR count). The van der Waals surface area contributed by atoms with Gasteiger partial charge in [0.1, 0.15) is 0 Å². The predicted octanol–water partition coefficient (Wildman–Crippen LogP) is 0.256. The molecule has 2 N–H and O–H groups in total. The van der Waals surface area contributed by atoms with Crippen LogP contribution in [0.3, 0.4) is 0 Å². The van der Waals surface area contributed by atoms with E-state index in [-0.39, 0.29) is 11.5 Å². The van der Waals surface area contributed by atoms with E-state index >= 15 is 0 Å². The normalized spacial score (nSPS) is 14.8. The van der Waals surface area contributed by atoms with Crippen LogP contribution < -0.4 is 5.73 Å². The van der Waals surface area contributed by atoms with Gasteiger partial charge in [0.05, 0.1) is 13.1 Å². The van der Waals surface area contributed by atoms with E-state index in [9.17, 15) is 0 Å². The van der Waals surface area contributed by atoms with Crippen LogP contribution in [0.1, 0.15) is 32.6 Å². The van der Waals surface area contributed by atoms with Gasteiger partial charge in [0.15, 0.2) is 5.82 Å². The molecule has 0 aliphatic heterocycles. The van der Waals surface area contributed by atoms with Crippen LogP contribution in [0.25, 0.3) is 0 Å². The summed E-state index contributed by atoms with van der Waals surface area (Å²) in [6.45, 7) is 6.15. The molecule has 1 heterocycles. The highest BCUT2D eigenvalue weighted by atomic mass is 15.6. The Labute approximate surface area is 71.9 Å². The zero-order valence-corrected chi connectivity index (χ0v) is 7.94. The van der Waals surface area contributed by atoms with Gasteiger partial charge in [0, 0.05) is 0 Å². The Kier molecular flexibility index (Phi) is 2.14. The fraction of sp³-hybridized carbons (Fsp3) is 0.857. The van der Waals surface area contributed by atoms with E-state index in [0.29, 0.717) is 5.82 Å². The first-order chi connectivity index (χ1) is 5.41.